The molecule has 0 radical (unpaired) electrons. The maximum absolute atomic E-state index is 14.8. The van der Waals surface area contributed by atoms with E-state index in [0.29, 0.717) is 23.4 Å². The number of rotatable bonds is 2. The van der Waals surface area contributed by atoms with Crippen molar-refractivity contribution in [3.63, 3.8) is 0 Å². The normalized spacial score (nSPS) is 20.2. The highest BCUT2D eigenvalue weighted by atomic mass is 35.5. The summed E-state index contributed by atoms with van der Waals surface area (Å²) in [4.78, 5) is 13.1. The summed E-state index contributed by atoms with van der Waals surface area (Å²) in [5.74, 6) is -1.25. The fraction of sp³-hybridized carbons (Fsp3) is 0.318. The van der Waals surface area contributed by atoms with Gasteiger partial charge in [0.2, 0.25) is 0 Å². The molecule has 0 saturated heterocycles. The summed E-state index contributed by atoms with van der Waals surface area (Å²) in [5.41, 5.74) is 1.30. The number of ether oxygens (including phenoxy) is 1. The molecule has 2 aromatic carbocycles. The third-order valence-corrected chi connectivity index (χ3v) is 5.64. The summed E-state index contributed by atoms with van der Waals surface area (Å²) in [6.07, 6.45) is -4.12. The van der Waals surface area contributed by atoms with Gasteiger partial charge < -0.3 is 15.4 Å². The van der Waals surface area contributed by atoms with E-state index >= 15 is 0 Å². The Morgan fingerprint density at radius 1 is 1.13 bits per heavy atom. The highest BCUT2D eigenvalue weighted by molar-refractivity contribution is 6.31. The SMILES string of the molecule is CC1(C)CC(=O)C2=C(C1)Nc1ccc(OC(F)(F)F)cc1NC2c1c(F)cccc1Cl. The first-order chi connectivity index (χ1) is 14.4. The van der Waals surface area contributed by atoms with E-state index in [1.807, 2.05) is 13.8 Å². The monoisotopic (exact) mass is 454 g/mol. The van der Waals surface area contributed by atoms with Crippen LogP contribution >= 0.6 is 11.6 Å². The Morgan fingerprint density at radius 3 is 2.55 bits per heavy atom. The number of anilines is 2. The molecule has 0 saturated carbocycles. The number of ketones is 1. The van der Waals surface area contributed by atoms with Crippen molar-refractivity contribution in [3.05, 3.63) is 64.1 Å². The fourth-order valence-corrected chi connectivity index (χ4v) is 4.40. The van der Waals surface area contributed by atoms with E-state index in [2.05, 4.69) is 15.4 Å². The van der Waals surface area contributed by atoms with E-state index in [-0.39, 0.29) is 33.9 Å². The average Bonchev–Trinajstić information content (AvgIpc) is 2.75. The highest BCUT2D eigenvalue weighted by Crippen LogP contribution is 2.47. The quantitative estimate of drug-likeness (QED) is 0.502. The minimum Gasteiger partial charge on any atom is -0.406 e. The van der Waals surface area contributed by atoms with E-state index in [0.717, 1.165) is 6.07 Å². The van der Waals surface area contributed by atoms with E-state index in [1.54, 1.807) is 0 Å². The third-order valence-electron chi connectivity index (χ3n) is 5.31. The zero-order valence-corrected chi connectivity index (χ0v) is 17.4. The molecular formula is C22H19ClF4N2O2. The summed E-state index contributed by atoms with van der Waals surface area (Å²) < 4.78 is 57.0. The molecule has 0 bridgehead atoms. The van der Waals surface area contributed by atoms with Gasteiger partial charge in [-0.05, 0) is 36.1 Å². The number of allylic oxidation sites excluding steroid dienone is 1. The highest BCUT2D eigenvalue weighted by Gasteiger charge is 2.40. The molecule has 2 aromatic rings. The van der Waals surface area contributed by atoms with Crippen molar-refractivity contribution < 1.29 is 27.1 Å². The first-order valence-electron chi connectivity index (χ1n) is 9.57. The van der Waals surface area contributed by atoms with Crippen LogP contribution in [-0.4, -0.2) is 12.1 Å². The molecule has 0 amide bonds. The second-order valence-corrected chi connectivity index (χ2v) is 8.83. The molecule has 1 aliphatic carbocycles. The number of fused-ring (bicyclic) bond motifs is 1. The number of nitrogens with one attached hydrogen (secondary N) is 2. The van der Waals surface area contributed by atoms with Crippen LogP contribution in [0.4, 0.5) is 28.9 Å². The summed E-state index contributed by atoms with van der Waals surface area (Å²) in [5, 5.41) is 6.30. The van der Waals surface area contributed by atoms with E-state index in [9.17, 15) is 22.4 Å². The topological polar surface area (TPSA) is 50.4 Å². The number of carbonyl (C=O) groups is 1. The average molecular weight is 455 g/mol. The zero-order valence-electron chi connectivity index (χ0n) is 16.7. The lowest BCUT2D eigenvalue weighted by Crippen LogP contribution is -2.31. The molecule has 0 aromatic heterocycles. The third kappa shape index (κ3) is 4.35. The van der Waals surface area contributed by atoms with Crippen molar-refractivity contribution in [1.29, 1.82) is 0 Å². The molecule has 2 N–H and O–H groups in total. The van der Waals surface area contributed by atoms with Gasteiger partial charge in [-0.15, -0.1) is 13.2 Å². The van der Waals surface area contributed by atoms with Gasteiger partial charge in [0.05, 0.1) is 17.4 Å². The number of alkyl halides is 3. The van der Waals surface area contributed by atoms with Crippen molar-refractivity contribution in [2.75, 3.05) is 10.6 Å². The van der Waals surface area contributed by atoms with Crippen LogP contribution < -0.4 is 15.4 Å². The standard InChI is InChI=1S/C22H19ClF4N2O2/c1-21(2)9-16-19(17(30)10-21)20(18-12(23)4-3-5-13(18)24)29-15-8-11(31-22(25,26)27)6-7-14(15)28-16/h3-8,20,28-29H,9-10H2,1-2H3. The van der Waals surface area contributed by atoms with Crippen LogP contribution in [-0.2, 0) is 4.79 Å². The van der Waals surface area contributed by atoms with Gasteiger partial charge >= 0.3 is 6.36 Å². The van der Waals surface area contributed by atoms with Crippen LogP contribution in [0.25, 0.3) is 0 Å². The van der Waals surface area contributed by atoms with E-state index in [4.69, 9.17) is 11.6 Å². The van der Waals surface area contributed by atoms with Crippen LogP contribution in [0.15, 0.2) is 47.7 Å². The lowest BCUT2D eigenvalue weighted by molar-refractivity contribution is -0.274. The van der Waals surface area contributed by atoms with Crippen molar-refractivity contribution >= 4 is 28.8 Å². The smallest absolute Gasteiger partial charge is 0.406 e. The number of halogens is 5. The van der Waals surface area contributed by atoms with Gasteiger partial charge in [-0.25, -0.2) is 4.39 Å². The molecule has 1 aliphatic heterocycles. The minimum absolute atomic E-state index is 0.0570. The molecule has 0 fully saturated rings. The summed E-state index contributed by atoms with van der Waals surface area (Å²) in [6.45, 7) is 3.89. The summed E-state index contributed by atoms with van der Waals surface area (Å²) in [6, 6.07) is 6.94. The fourth-order valence-electron chi connectivity index (χ4n) is 4.12. The largest absolute Gasteiger partial charge is 0.573 e. The van der Waals surface area contributed by atoms with Crippen LogP contribution in [0.5, 0.6) is 5.75 Å². The summed E-state index contributed by atoms with van der Waals surface area (Å²) in [7, 11) is 0. The van der Waals surface area contributed by atoms with Crippen LogP contribution in [0.3, 0.4) is 0 Å². The predicted molar refractivity (Wildman–Crippen MR) is 110 cm³/mol. The Labute approximate surface area is 181 Å². The molecule has 1 unspecified atom stereocenters. The van der Waals surface area contributed by atoms with Gasteiger partial charge in [0.15, 0.2) is 5.78 Å². The second-order valence-electron chi connectivity index (χ2n) is 8.43. The van der Waals surface area contributed by atoms with Gasteiger partial charge in [0.25, 0.3) is 0 Å². The summed E-state index contributed by atoms with van der Waals surface area (Å²) >= 11 is 6.29. The van der Waals surface area contributed by atoms with Crippen LogP contribution in [0.2, 0.25) is 5.02 Å². The maximum atomic E-state index is 14.8. The Kier molecular flexibility index (Phi) is 5.16. The number of carbonyl (C=O) groups excluding carboxylic acids is 1. The van der Waals surface area contributed by atoms with Gasteiger partial charge in [-0.2, -0.15) is 0 Å². The maximum Gasteiger partial charge on any atom is 0.573 e. The zero-order chi connectivity index (χ0) is 22.6. The Balaban J connectivity index is 1.88. The molecule has 0 spiro atoms. The molecule has 164 valence electrons. The first kappa shape index (κ1) is 21.5. The molecule has 1 atom stereocenters. The van der Waals surface area contributed by atoms with Gasteiger partial charge in [0.1, 0.15) is 11.6 Å². The van der Waals surface area contributed by atoms with Crippen molar-refractivity contribution in [3.8, 4) is 5.75 Å². The molecular weight excluding hydrogens is 436 g/mol. The molecule has 4 nitrogen and oxygen atoms in total. The Morgan fingerprint density at radius 2 is 1.87 bits per heavy atom. The molecule has 4 rings (SSSR count). The lowest BCUT2D eigenvalue weighted by Gasteiger charge is -2.34. The van der Waals surface area contributed by atoms with Gasteiger partial charge in [-0.3, -0.25) is 4.79 Å². The van der Waals surface area contributed by atoms with Crippen molar-refractivity contribution in [1.82, 2.24) is 0 Å². The lowest BCUT2D eigenvalue weighted by atomic mass is 9.73. The van der Waals surface area contributed by atoms with Crippen molar-refractivity contribution in [2.45, 2.75) is 39.1 Å². The predicted octanol–water partition coefficient (Wildman–Crippen LogP) is 6.60. The molecule has 1 heterocycles. The number of Topliss-reactive ketones (excluding diaryl/α,β-unsaturated/α-hetero) is 1. The number of benzene rings is 2. The number of hydrogen-bond acceptors (Lipinski definition) is 4. The van der Waals surface area contributed by atoms with Crippen LogP contribution in [0, 0.1) is 11.2 Å². The Hall–Kier alpha value is -2.74. The van der Waals surface area contributed by atoms with Crippen LogP contribution in [0.1, 0.15) is 38.3 Å². The molecule has 9 heteroatoms. The van der Waals surface area contributed by atoms with Crippen molar-refractivity contribution in [2.24, 2.45) is 5.41 Å². The molecule has 31 heavy (non-hydrogen) atoms. The minimum atomic E-state index is -4.86. The van der Waals surface area contributed by atoms with Gasteiger partial charge in [0, 0.05) is 34.3 Å². The Bertz CT molecular complexity index is 1080. The van der Waals surface area contributed by atoms with E-state index in [1.165, 1.54) is 30.3 Å². The second kappa shape index (κ2) is 7.44. The number of hydrogen-bond donors (Lipinski definition) is 2. The molecule has 2 aliphatic rings. The first-order valence-corrected chi connectivity index (χ1v) is 9.95. The van der Waals surface area contributed by atoms with E-state index < -0.39 is 24.0 Å². The van der Waals surface area contributed by atoms with Gasteiger partial charge in [-0.1, -0.05) is 31.5 Å².